The van der Waals surface area contributed by atoms with Gasteiger partial charge in [-0.3, -0.25) is 4.79 Å². The van der Waals surface area contributed by atoms with E-state index in [1.165, 1.54) is 23.5 Å². The zero-order valence-corrected chi connectivity index (χ0v) is 25.6. The topological polar surface area (TPSA) is 114 Å². The number of phenolic OH excluding ortho intramolecular Hbond substituents is 1. The molecule has 0 radical (unpaired) electrons. The van der Waals surface area contributed by atoms with E-state index in [2.05, 4.69) is 4.98 Å². The highest BCUT2D eigenvalue weighted by molar-refractivity contribution is 7.15. The number of carbonyl (C=O) groups is 2. The van der Waals surface area contributed by atoms with Crippen LogP contribution in [0.25, 0.3) is 21.5 Å². The minimum atomic E-state index is -1.21. The molecule has 1 amide bonds. The van der Waals surface area contributed by atoms with Gasteiger partial charge in [-0.25, -0.2) is 14.2 Å². The maximum Gasteiger partial charge on any atom is 0.336 e. The van der Waals surface area contributed by atoms with Crippen molar-refractivity contribution in [1.82, 2.24) is 14.5 Å². The molecule has 1 saturated heterocycles. The maximum atomic E-state index is 13.8. The van der Waals surface area contributed by atoms with E-state index < -0.39 is 11.8 Å². The molecule has 45 heavy (non-hydrogen) atoms. The van der Waals surface area contributed by atoms with Gasteiger partial charge in [0.25, 0.3) is 0 Å². The van der Waals surface area contributed by atoms with Crippen LogP contribution in [-0.2, 0) is 29.1 Å². The number of thiazole rings is 1. The fraction of sp³-hybridized carbons (Fsp3) is 0.265. The molecule has 3 heterocycles. The summed E-state index contributed by atoms with van der Waals surface area (Å²) < 4.78 is 27.6. The molecule has 3 aromatic carbocycles. The lowest BCUT2D eigenvalue weighted by atomic mass is 10.0. The van der Waals surface area contributed by atoms with Gasteiger partial charge in [0.05, 0.1) is 28.9 Å². The molecule has 1 aliphatic heterocycles. The summed E-state index contributed by atoms with van der Waals surface area (Å²) in [6.45, 7) is 5.20. The van der Waals surface area contributed by atoms with Gasteiger partial charge in [0.15, 0.2) is 11.5 Å². The van der Waals surface area contributed by atoms with Crippen molar-refractivity contribution in [2.45, 2.75) is 45.6 Å². The van der Waals surface area contributed by atoms with E-state index in [0.717, 1.165) is 16.5 Å². The molecular weight excluding hydrogens is 597 g/mol. The lowest BCUT2D eigenvalue weighted by molar-refractivity contribution is -0.143. The summed E-state index contributed by atoms with van der Waals surface area (Å²) in [6, 6.07) is 16.9. The van der Waals surface area contributed by atoms with Gasteiger partial charge in [-0.2, -0.15) is 0 Å². The number of ether oxygens (including phenoxy) is 2. The van der Waals surface area contributed by atoms with Crippen LogP contribution in [0.3, 0.4) is 0 Å². The van der Waals surface area contributed by atoms with Crippen LogP contribution < -0.4 is 4.74 Å². The summed E-state index contributed by atoms with van der Waals surface area (Å²) in [4.78, 5) is 32.2. The van der Waals surface area contributed by atoms with Crippen LogP contribution in [0.2, 0.25) is 0 Å². The minimum absolute atomic E-state index is 0.0509. The number of halogens is 1. The van der Waals surface area contributed by atoms with Crippen LogP contribution in [-0.4, -0.2) is 61.8 Å². The highest BCUT2D eigenvalue weighted by Gasteiger charge is 2.27. The first-order chi connectivity index (χ1) is 21.7. The predicted octanol–water partition coefficient (Wildman–Crippen LogP) is 6.11. The van der Waals surface area contributed by atoms with E-state index >= 15 is 0 Å². The van der Waals surface area contributed by atoms with E-state index in [1.54, 1.807) is 27.9 Å². The summed E-state index contributed by atoms with van der Waals surface area (Å²) in [5, 5.41) is 22.2. The van der Waals surface area contributed by atoms with E-state index in [9.17, 15) is 24.2 Å². The Balaban J connectivity index is 1.36. The third-order valence-electron chi connectivity index (χ3n) is 7.76. The van der Waals surface area contributed by atoms with Crippen molar-refractivity contribution < 1.29 is 33.7 Å². The zero-order chi connectivity index (χ0) is 31.7. The highest BCUT2D eigenvalue weighted by atomic mass is 32.1. The predicted molar refractivity (Wildman–Crippen MR) is 168 cm³/mol. The van der Waals surface area contributed by atoms with Gasteiger partial charge in [-0.05, 0) is 49.2 Å². The number of hydrogen-bond acceptors (Lipinski definition) is 7. The molecule has 2 aromatic heterocycles. The second-order valence-electron chi connectivity index (χ2n) is 11.2. The Morgan fingerprint density at radius 2 is 1.84 bits per heavy atom. The average molecular weight is 630 g/mol. The van der Waals surface area contributed by atoms with Crippen molar-refractivity contribution in [2.24, 2.45) is 0 Å². The molecule has 1 aliphatic rings. The zero-order valence-electron chi connectivity index (χ0n) is 24.8. The van der Waals surface area contributed by atoms with Crippen molar-refractivity contribution in [3.8, 4) is 22.1 Å². The monoisotopic (exact) mass is 629 g/mol. The second kappa shape index (κ2) is 12.7. The number of benzene rings is 3. The molecule has 9 nitrogen and oxygen atoms in total. The molecule has 1 fully saturated rings. The number of fused-ring (bicyclic) bond motifs is 1. The van der Waals surface area contributed by atoms with Gasteiger partial charge >= 0.3 is 5.97 Å². The Hall–Kier alpha value is -4.74. The number of amides is 1. The number of aromatic carboxylic acids is 1. The number of carboxylic acids is 1. The first-order valence-electron chi connectivity index (χ1n) is 14.6. The Kier molecular flexibility index (Phi) is 8.55. The smallest absolute Gasteiger partial charge is 0.336 e. The van der Waals surface area contributed by atoms with Crippen LogP contribution in [0.5, 0.6) is 11.5 Å². The molecular formula is C34H32FN3O6S. The second-order valence-corrected chi connectivity index (χ2v) is 12.3. The van der Waals surface area contributed by atoms with Crippen LogP contribution in [0.1, 0.15) is 40.2 Å². The summed E-state index contributed by atoms with van der Waals surface area (Å²) in [6.07, 6.45) is 3.53. The molecule has 2 N–H and O–H groups in total. The summed E-state index contributed by atoms with van der Waals surface area (Å²) in [7, 11) is 0. The molecule has 0 spiro atoms. The first kappa shape index (κ1) is 30.3. The minimum Gasteiger partial charge on any atom is -0.504 e. The number of rotatable bonds is 9. The van der Waals surface area contributed by atoms with Gasteiger partial charge in [0.2, 0.25) is 5.91 Å². The number of nitrogens with zero attached hydrogens (tertiary/aromatic N) is 3. The number of aromatic hydroxyl groups is 1. The number of aromatic nitrogens is 2. The standard InChI is InChI=1S/C34H32FN3O6S/c1-20-16-38(17-21(2)44-20)30(39)18-37-11-10-26-29(37)14-28(32(31(26)40)43-19-22-6-4-3-5-7-22)33-36-15-25(45-33)12-23-8-9-24(35)13-27(23)34(41)42/h3-11,13-15,20-21,40H,12,16-19H2,1-2H3,(H,41,42). The average Bonchev–Trinajstić information content (AvgIpc) is 3.64. The Bertz CT molecular complexity index is 1860. The van der Waals surface area contributed by atoms with Gasteiger partial charge in [-0.15, -0.1) is 11.3 Å². The Morgan fingerprint density at radius 3 is 2.58 bits per heavy atom. The molecule has 6 rings (SSSR count). The Morgan fingerprint density at radius 1 is 1.09 bits per heavy atom. The van der Waals surface area contributed by atoms with Crippen molar-refractivity contribution in [2.75, 3.05) is 13.1 Å². The van der Waals surface area contributed by atoms with Crippen LogP contribution in [0, 0.1) is 5.82 Å². The van der Waals surface area contributed by atoms with Crippen LogP contribution in [0.15, 0.2) is 73.1 Å². The number of hydrogen-bond donors (Lipinski definition) is 2. The normalized spacial score (nSPS) is 16.6. The fourth-order valence-electron chi connectivity index (χ4n) is 5.70. The van der Waals surface area contributed by atoms with Gasteiger partial charge < -0.3 is 29.2 Å². The molecule has 232 valence electrons. The molecule has 0 aliphatic carbocycles. The van der Waals surface area contributed by atoms with Crippen molar-refractivity contribution in [1.29, 1.82) is 0 Å². The van der Waals surface area contributed by atoms with E-state index in [0.29, 0.717) is 40.1 Å². The summed E-state index contributed by atoms with van der Waals surface area (Å²) in [5.74, 6) is -1.70. The molecule has 0 bridgehead atoms. The number of morpholine rings is 1. The van der Waals surface area contributed by atoms with Crippen molar-refractivity contribution in [3.05, 3.63) is 100 Å². The number of phenols is 1. The van der Waals surface area contributed by atoms with E-state index in [4.69, 9.17) is 9.47 Å². The lowest BCUT2D eigenvalue weighted by Gasteiger charge is -2.35. The quantitative estimate of drug-likeness (QED) is 0.202. The molecule has 2 atom stereocenters. The first-order valence-corrected chi connectivity index (χ1v) is 15.4. The largest absolute Gasteiger partial charge is 0.504 e. The molecule has 5 aromatic rings. The number of carboxylic acid groups (broad SMARTS) is 1. The summed E-state index contributed by atoms with van der Waals surface area (Å²) >= 11 is 1.32. The molecule has 0 saturated carbocycles. The number of carbonyl (C=O) groups excluding carboxylic acids is 1. The van der Waals surface area contributed by atoms with Crippen molar-refractivity contribution >= 4 is 34.1 Å². The van der Waals surface area contributed by atoms with Crippen LogP contribution in [0.4, 0.5) is 4.39 Å². The SMILES string of the molecule is CC1CN(C(=O)Cn2ccc3c(O)c(OCc4ccccc4)c(-c4ncc(Cc5ccc(F)cc5C(=O)O)s4)cc32)CC(C)O1. The maximum absolute atomic E-state index is 13.8. The third-order valence-corrected chi connectivity index (χ3v) is 8.79. The van der Waals surface area contributed by atoms with Crippen LogP contribution >= 0.6 is 11.3 Å². The Labute approximate surface area is 263 Å². The highest BCUT2D eigenvalue weighted by Crippen LogP contribution is 2.45. The van der Waals surface area contributed by atoms with Gasteiger partial charge in [-0.1, -0.05) is 36.4 Å². The van der Waals surface area contributed by atoms with Gasteiger partial charge in [0, 0.05) is 42.2 Å². The van der Waals surface area contributed by atoms with E-state index in [1.807, 2.05) is 50.2 Å². The fourth-order valence-corrected chi connectivity index (χ4v) is 6.65. The summed E-state index contributed by atoms with van der Waals surface area (Å²) in [5.41, 5.74) is 2.43. The lowest BCUT2D eigenvalue weighted by Crippen LogP contribution is -2.49. The van der Waals surface area contributed by atoms with Gasteiger partial charge in [0.1, 0.15) is 24.0 Å². The molecule has 11 heteroatoms. The molecule has 2 unspecified atom stereocenters. The van der Waals surface area contributed by atoms with E-state index in [-0.39, 0.29) is 54.8 Å². The van der Waals surface area contributed by atoms with Crippen molar-refractivity contribution in [3.63, 3.8) is 0 Å². The third kappa shape index (κ3) is 6.54.